The predicted octanol–water partition coefficient (Wildman–Crippen LogP) is 3.78. The molecule has 0 atom stereocenters. The number of anilines is 2. The Balaban J connectivity index is 1.69. The Morgan fingerprint density at radius 3 is 2.84 bits per heavy atom. The van der Waals surface area contributed by atoms with E-state index in [2.05, 4.69) is 27.5 Å². The highest BCUT2D eigenvalue weighted by Gasteiger charge is 2.03. The van der Waals surface area contributed by atoms with Crippen molar-refractivity contribution in [3.63, 3.8) is 0 Å². The van der Waals surface area contributed by atoms with Gasteiger partial charge in [0.25, 0.3) is 0 Å². The van der Waals surface area contributed by atoms with Crippen LogP contribution in [-0.2, 0) is 6.54 Å². The van der Waals surface area contributed by atoms with Gasteiger partial charge in [-0.15, -0.1) is 11.3 Å². The van der Waals surface area contributed by atoms with Gasteiger partial charge in [-0.3, -0.25) is 4.68 Å². The van der Waals surface area contributed by atoms with E-state index in [9.17, 15) is 0 Å². The molecule has 2 heterocycles. The van der Waals surface area contributed by atoms with Gasteiger partial charge in [0.05, 0.1) is 18.4 Å². The summed E-state index contributed by atoms with van der Waals surface area (Å²) in [6.07, 6.45) is 3.72. The van der Waals surface area contributed by atoms with E-state index in [4.69, 9.17) is 11.6 Å². The number of hydrogen-bond acceptors (Lipinski definition) is 4. The first kappa shape index (κ1) is 12.2. The molecule has 3 aromatic rings. The molecule has 19 heavy (non-hydrogen) atoms. The predicted molar refractivity (Wildman–Crippen MR) is 78.2 cm³/mol. The van der Waals surface area contributed by atoms with Crippen molar-refractivity contribution in [2.24, 2.45) is 0 Å². The lowest BCUT2D eigenvalue weighted by atomic mass is 10.2. The Hall–Kier alpha value is -1.85. The maximum Gasteiger partial charge on any atom is 0.188 e. The van der Waals surface area contributed by atoms with E-state index >= 15 is 0 Å². The van der Waals surface area contributed by atoms with Crippen molar-refractivity contribution in [1.29, 1.82) is 0 Å². The molecule has 0 aliphatic carbocycles. The molecule has 0 radical (unpaired) electrons. The van der Waals surface area contributed by atoms with E-state index in [0.29, 0.717) is 5.15 Å². The summed E-state index contributed by atoms with van der Waals surface area (Å²) in [5.74, 6) is 0. The van der Waals surface area contributed by atoms with Crippen molar-refractivity contribution in [3.8, 4) is 0 Å². The third-order valence-corrected chi connectivity index (χ3v) is 3.63. The number of nitrogens with one attached hydrogen (secondary N) is 1. The fourth-order valence-corrected chi connectivity index (χ4v) is 2.58. The molecule has 0 saturated heterocycles. The van der Waals surface area contributed by atoms with Gasteiger partial charge in [0, 0.05) is 11.6 Å². The van der Waals surface area contributed by atoms with E-state index in [-0.39, 0.29) is 0 Å². The lowest BCUT2D eigenvalue weighted by Crippen LogP contribution is -1.99. The second-order valence-corrected chi connectivity index (χ2v) is 5.26. The molecular weight excluding hydrogens is 280 g/mol. The highest BCUT2D eigenvalue weighted by Crippen LogP contribution is 2.22. The van der Waals surface area contributed by atoms with Gasteiger partial charge in [0.15, 0.2) is 5.13 Å². The van der Waals surface area contributed by atoms with Crippen LogP contribution in [0.3, 0.4) is 0 Å². The van der Waals surface area contributed by atoms with Gasteiger partial charge >= 0.3 is 0 Å². The number of halogens is 1. The van der Waals surface area contributed by atoms with Crippen molar-refractivity contribution in [2.45, 2.75) is 6.54 Å². The summed E-state index contributed by atoms with van der Waals surface area (Å²) in [5.41, 5.74) is 2.12. The number of aromatic nitrogens is 3. The molecule has 0 bridgehead atoms. The summed E-state index contributed by atoms with van der Waals surface area (Å²) < 4.78 is 1.88. The standard InChI is InChI=1S/C13H11ClN4S/c14-12-9-19-13(17-12)16-11-6-15-18(8-11)7-10-4-2-1-3-5-10/h1-6,8-9H,7H2,(H,16,17). The van der Waals surface area contributed by atoms with E-state index in [0.717, 1.165) is 17.4 Å². The largest absolute Gasteiger partial charge is 0.329 e. The molecule has 6 heteroatoms. The van der Waals surface area contributed by atoms with Gasteiger partial charge in [-0.1, -0.05) is 41.9 Å². The molecule has 0 saturated carbocycles. The maximum absolute atomic E-state index is 5.78. The zero-order valence-corrected chi connectivity index (χ0v) is 11.5. The monoisotopic (exact) mass is 290 g/mol. The van der Waals surface area contributed by atoms with Gasteiger partial charge in [-0.25, -0.2) is 4.98 Å². The fraction of sp³-hybridized carbons (Fsp3) is 0.0769. The Bertz CT molecular complexity index is 662. The first-order chi connectivity index (χ1) is 9.29. The van der Waals surface area contributed by atoms with Crippen LogP contribution in [0.25, 0.3) is 0 Å². The van der Waals surface area contributed by atoms with E-state index in [1.54, 1.807) is 11.6 Å². The first-order valence-electron chi connectivity index (χ1n) is 5.74. The SMILES string of the molecule is Clc1csc(Nc2cnn(Cc3ccccc3)c2)n1. The quantitative estimate of drug-likeness (QED) is 0.795. The normalized spacial score (nSPS) is 10.6. The molecule has 1 aromatic carbocycles. The molecule has 0 spiro atoms. The minimum atomic E-state index is 0.504. The summed E-state index contributed by atoms with van der Waals surface area (Å²) in [4.78, 5) is 4.14. The Morgan fingerprint density at radius 2 is 2.11 bits per heavy atom. The van der Waals surface area contributed by atoms with Crippen LogP contribution < -0.4 is 5.32 Å². The first-order valence-corrected chi connectivity index (χ1v) is 7.00. The van der Waals surface area contributed by atoms with Crippen LogP contribution in [0.15, 0.2) is 48.1 Å². The van der Waals surface area contributed by atoms with Gasteiger partial charge in [0.1, 0.15) is 5.15 Å². The van der Waals surface area contributed by atoms with Crippen LogP contribution in [0.5, 0.6) is 0 Å². The van der Waals surface area contributed by atoms with Gasteiger partial charge in [-0.05, 0) is 5.56 Å². The Morgan fingerprint density at radius 1 is 1.26 bits per heavy atom. The minimum Gasteiger partial charge on any atom is -0.329 e. The van der Waals surface area contributed by atoms with E-state index in [1.165, 1.54) is 16.9 Å². The summed E-state index contributed by atoms with van der Waals surface area (Å²) in [6.45, 7) is 0.751. The number of hydrogen-bond donors (Lipinski definition) is 1. The van der Waals surface area contributed by atoms with E-state index < -0.39 is 0 Å². The number of nitrogens with zero attached hydrogens (tertiary/aromatic N) is 3. The molecule has 0 amide bonds. The smallest absolute Gasteiger partial charge is 0.188 e. The average Bonchev–Trinajstić information content (AvgIpc) is 3.01. The Labute approximate surface area is 119 Å². The molecule has 2 aromatic heterocycles. The zero-order valence-electron chi connectivity index (χ0n) is 9.95. The Kier molecular flexibility index (Phi) is 3.48. The van der Waals surface area contributed by atoms with Crippen molar-refractivity contribution < 1.29 is 0 Å². The zero-order chi connectivity index (χ0) is 13.1. The number of rotatable bonds is 4. The molecule has 4 nitrogen and oxygen atoms in total. The van der Waals surface area contributed by atoms with Crippen molar-refractivity contribution >= 4 is 33.8 Å². The second kappa shape index (κ2) is 5.42. The van der Waals surface area contributed by atoms with Crippen molar-refractivity contribution in [3.05, 3.63) is 58.8 Å². The van der Waals surface area contributed by atoms with Crippen LogP contribution in [0.2, 0.25) is 5.15 Å². The average molecular weight is 291 g/mol. The molecule has 0 aliphatic rings. The van der Waals surface area contributed by atoms with Crippen LogP contribution >= 0.6 is 22.9 Å². The highest BCUT2D eigenvalue weighted by atomic mass is 35.5. The summed E-state index contributed by atoms with van der Waals surface area (Å²) in [5, 5.41) is 10.5. The van der Waals surface area contributed by atoms with Crippen LogP contribution in [-0.4, -0.2) is 14.8 Å². The van der Waals surface area contributed by atoms with Gasteiger partial charge in [-0.2, -0.15) is 5.10 Å². The lowest BCUT2D eigenvalue weighted by molar-refractivity contribution is 0.687. The van der Waals surface area contributed by atoms with Crippen LogP contribution in [0, 0.1) is 0 Å². The van der Waals surface area contributed by atoms with Crippen LogP contribution in [0.1, 0.15) is 5.56 Å². The molecule has 1 N–H and O–H groups in total. The van der Waals surface area contributed by atoms with E-state index in [1.807, 2.05) is 29.1 Å². The van der Waals surface area contributed by atoms with Crippen molar-refractivity contribution in [2.75, 3.05) is 5.32 Å². The summed E-state index contributed by atoms with van der Waals surface area (Å²) >= 11 is 7.24. The topological polar surface area (TPSA) is 42.7 Å². The third-order valence-electron chi connectivity index (χ3n) is 2.55. The molecular formula is C13H11ClN4S. The summed E-state index contributed by atoms with van der Waals surface area (Å²) in [7, 11) is 0. The number of thiazole rings is 1. The molecule has 0 aliphatic heterocycles. The molecule has 3 rings (SSSR count). The second-order valence-electron chi connectivity index (χ2n) is 4.01. The van der Waals surface area contributed by atoms with Crippen molar-refractivity contribution in [1.82, 2.24) is 14.8 Å². The van der Waals surface area contributed by atoms with Crippen LogP contribution in [0.4, 0.5) is 10.8 Å². The molecule has 0 fully saturated rings. The van der Waals surface area contributed by atoms with Gasteiger partial charge < -0.3 is 5.32 Å². The maximum atomic E-state index is 5.78. The molecule has 0 unspecified atom stereocenters. The summed E-state index contributed by atoms with van der Waals surface area (Å²) in [6, 6.07) is 10.2. The highest BCUT2D eigenvalue weighted by molar-refractivity contribution is 7.14. The van der Waals surface area contributed by atoms with Gasteiger partial charge in [0.2, 0.25) is 0 Å². The fourth-order valence-electron chi connectivity index (χ4n) is 1.72. The number of benzene rings is 1. The molecule has 96 valence electrons. The minimum absolute atomic E-state index is 0.504. The third kappa shape index (κ3) is 3.13. The lowest BCUT2D eigenvalue weighted by Gasteiger charge is -2.01.